The predicted molar refractivity (Wildman–Crippen MR) is 70.3 cm³/mol. The van der Waals surface area contributed by atoms with E-state index < -0.39 is 5.97 Å². The molecule has 1 heterocycles. The number of nitrogens with zero attached hydrogens (tertiary/aromatic N) is 2. The molecule has 6 nitrogen and oxygen atoms in total. The van der Waals surface area contributed by atoms with Crippen molar-refractivity contribution in [2.24, 2.45) is 0 Å². The molecule has 0 aliphatic rings. The molecule has 0 saturated carbocycles. The maximum Gasteiger partial charge on any atom is 0.341 e. The molecule has 0 amide bonds. The molecule has 19 heavy (non-hydrogen) atoms. The number of rotatable bonds is 5. The van der Waals surface area contributed by atoms with Gasteiger partial charge in [-0.15, -0.1) is 0 Å². The topological polar surface area (TPSA) is 90.4 Å². The van der Waals surface area contributed by atoms with Crippen LogP contribution in [-0.4, -0.2) is 27.2 Å². The molecular formula is C13H15N3O3. The van der Waals surface area contributed by atoms with Crippen LogP contribution in [0.4, 0.5) is 5.69 Å². The number of aromatic nitrogens is 2. The third kappa shape index (κ3) is 2.85. The second kappa shape index (κ2) is 5.43. The van der Waals surface area contributed by atoms with E-state index >= 15 is 0 Å². The molecule has 0 spiro atoms. The van der Waals surface area contributed by atoms with Gasteiger partial charge in [0.2, 0.25) is 0 Å². The van der Waals surface area contributed by atoms with E-state index in [9.17, 15) is 4.79 Å². The van der Waals surface area contributed by atoms with Gasteiger partial charge >= 0.3 is 5.97 Å². The lowest BCUT2D eigenvalue weighted by Gasteiger charge is -2.11. The van der Waals surface area contributed by atoms with Crippen LogP contribution in [0.5, 0.6) is 5.75 Å². The van der Waals surface area contributed by atoms with E-state index in [0.29, 0.717) is 13.2 Å². The highest BCUT2D eigenvalue weighted by molar-refractivity contribution is 5.96. The lowest BCUT2D eigenvalue weighted by molar-refractivity contribution is 0.0693. The molecule has 1 aromatic carbocycles. The summed E-state index contributed by atoms with van der Waals surface area (Å²) in [6.07, 6.45) is 3.55. The Morgan fingerprint density at radius 1 is 1.53 bits per heavy atom. The molecule has 0 saturated heterocycles. The summed E-state index contributed by atoms with van der Waals surface area (Å²) < 4.78 is 7.42. The van der Waals surface area contributed by atoms with Crippen LogP contribution in [0.3, 0.4) is 0 Å². The van der Waals surface area contributed by atoms with E-state index in [1.807, 2.05) is 17.7 Å². The molecule has 2 rings (SSSR count). The van der Waals surface area contributed by atoms with E-state index in [4.69, 9.17) is 15.6 Å². The maximum absolute atomic E-state index is 11.1. The van der Waals surface area contributed by atoms with Crippen LogP contribution in [0.25, 0.3) is 0 Å². The van der Waals surface area contributed by atoms with Crippen LogP contribution in [0.15, 0.2) is 30.6 Å². The summed E-state index contributed by atoms with van der Waals surface area (Å²) >= 11 is 0. The normalized spacial score (nSPS) is 10.4. The Morgan fingerprint density at radius 3 is 2.95 bits per heavy atom. The molecule has 0 aliphatic carbocycles. The van der Waals surface area contributed by atoms with E-state index in [0.717, 1.165) is 5.82 Å². The highest BCUT2D eigenvalue weighted by atomic mass is 16.5. The van der Waals surface area contributed by atoms with Gasteiger partial charge in [0.1, 0.15) is 23.7 Å². The minimum Gasteiger partial charge on any atom is -0.491 e. The lowest BCUT2D eigenvalue weighted by atomic mass is 10.1. The second-order valence-corrected chi connectivity index (χ2v) is 4.04. The molecule has 0 atom stereocenters. The van der Waals surface area contributed by atoms with Crippen molar-refractivity contribution in [3.63, 3.8) is 0 Å². The van der Waals surface area contributed by atoms with Gasteiger partial charge in [-0.05, 0) is 19.1 Å². The van der Waals surface area contributed by atoms with Crippen LogP contribution in [0.1, 0.15) is 16.2 Å². The Bertz CT molecular complexity index is 593. The molecule has 6 heteroatoms. The van der Waals surface area contributed by atoms with Gasteiger partial charge in [-0.2, -0.15) is 0 Å². The molecule has 3 N–H and O–H groups in total. The highest BCUT2D eigenvalue weighted by Crippen LogP contribution is 2.24. The Hall–Kier alpha value is -2.50. The number of carboxylic acids is 1. The zero-order valence-corrected chi connectivity index (χ0v) is 10.5. The Morgan fingerprint density at radius 2 is 2.32 bits per heavy atom. The summed E-state index contributed by atoms with van der Waals surface area (Å²) in [6, 6.07) is 4.80. The van der Waals surface area contributed by atoms with Crippen molar-refractivity contribution in [1.29, 1.82) is 0 Å². The number of aryl methyl sites for hydroxylation is 1. The quantitative estimate of drug-likeness (QED) is 0.797. The van der Waals surface area contributed by atoms with Crippen molar-refractivity contribution in [3.05, 3.63) is 42.0 Å². The van der Waals surface area contributed by atoms with Gasteiger partial charge in [-0.1, -0.05) is 6.07 Å². The number of imidazole rings is 1. The SMILES string of the molecule is Cc1nccn1CCOc1cccc(N)c1C(=O)O. The van der Waals surface area contributed by atoms with Gasteiger partial charge in [-0.25, -0.2) is 9.78 Å². The molecule has 0 fully saturated rings. The third-order valence-electron chi connectivity index (χ3n) is 2.79. The van der Waals surface area contributed by atoms with Crippen LogP contribution >= 0.6 is 0 Å². The smallest absolute Gasteiger partial charge is 0.341 e. The van der Waals surface area contributed by atoms with Gasteiger partial charge in [0, 0.05) is 18.1 Å². The molecule has 100 valence electrons. The van der Waals surface area contributed by atoms with Crippen molar-refractivity contribution >= 4 is 11.7 Å². The molecule has 0 unspecified atom stereocenters. The summed E-state index contributed by atoms with van der Waals surface area (Å²) in [5.41, 5.74) is 5.84. The molecule has 2 aromatic rings. The summed E-state index contributed by atoms with van der Waals surface area (Å²) in [5, 5.41) is 9.10. The number of anilines is 1. The first-order valence-electron chi connectivity index (χ1n) is 5.82. The minimum absolute atomic E-state index is 0.00449. The Balaban J connectivity index is 2.06. The van der Waals surface area contributed by atoms with Gasteiger partial charge in [0.25, 0.3) is 0 Å². The number of carbonyl (C=O) groups is 1. The summed E-state index contributed by atoms with van der Waals surface area (Å²) in [7, 11) is 0. The summed E-state index contributed by atoms with van der Waals surface area (Å²) in [5.74, 6) is 0.0758. The van der Waals surface area contributed by atoms with Gasteiger partial charge in [-0.3, -0.25) is 0 Å². The number of ether oxygens (including phenoxy) is 1. The molecule has 0 aliphatic heterocycles. The van der Waals surface area contributed by atoms with Crippen molar-refractivity contribution in [1.82, 2.24) is 9.55 Å². The number of benzene rings is 1. The van der Waals surface area contributed by atoms with Crippen molar-refractivity contribution < 1.29 is 14.6 Å². The van der Waals surface area contributed by atoms with E-state index in [1.165, 1.54) is 6.07 Å². The fourth-order valence-electron chi connectivity index (χ4n) is 1.79. The van der Waals surface area contributed by atoms with Crippen molar-refractivity contribution in [3.8, 4) is 5.75 Å². The summed E-state index contributed by atoms with van der Waals surface area (Å²) in [4.78, 5) is 15.2. The molecular weight excluding hydrogens is 246 g/mol. The van der Waals surface area contributed by atoms with Gasteiger partial charge in [0.05, 0.1) is 6.54 Å². The van der Waals surface area contributed by atoms with Crippen LogP contribution in [0, 0.1) is 6.92 Å². The monoisotopic (exact) mass is 261 g/mol. The number of nitrogen functional groups attached to an aromatic ring is 1. The van der Waals surface area contributed by atoms with Gasteiger partial charge < -0.3 is 20.1 Å². The third-order valence-corrected chi connectivity index (χ3v) is 2.79. The van der Waals surface area contributed by atoms with Crippen LogP contribution < -0.4 is 10.5 Å². The van der Waals surface area contributed by atoms with Crippen LogP contribution in [-0.2, 0) is 6.54 Å². The number of carboxylic acid groups (broad SMARTS) is 1. The van der Waals surface area contributed by atoms with Crippen molar-refractivity contribution in [2.75, 3.05) is 12.3 Å². The molecule has 1 aromatic heterocycles. The second-order valence-electron chi connectivity index (χ2n) is 4.04. The lowest BCUT2D eigenvalue weighted by Crippen LogP contribution is -2.12. The van der Waals surface area contributed by atoms with E-state index in [-0.39, 0.29) is 17.0 Å². The first-order chi connectivity index (χ1) is 9.09. The zero-order valence-electron chi connectivity index (χ0n) is 10.5. The average Bonchev–Trinajstić information content (AvgIpc) is 2.75. The summed E-state index contributed by atoms with van der Waals surface area (Å²) in [6.45, 7) is 2.84. The molecule has 0 radical (unpaired) electrons. The van der Waals surface area contributed by atoms with Crippen molar-refractivity contribution in [2.45, 2.75) is 13.5 Å². The van der Waals surface area contributed by atoms with E-state index in [1.54, 1.807) is 18.3 Å². The zero-order chi connectivity index (χ0) is 13.8. The number of aromatic carboxylic acids is 1. The Kier molecular flexibility index (Phi) is 3.70. The first kappa shape index (κ1) is 12.9. The average molecular weight is 261 g/mol. The number of hydrogen-bond donors (Lipinski definition) is 2. The standard InChI is InChI=1S/C13H15N3O3/c1-9-15-5-6-16(9)7-8-19-11-4-2-3-10(14)12(11)13(17)18/h2-6H,7-8,14H2,1H3,(H,17,18). The Labute approximate surface area is 110 Å². The fraction of sp³-hybridized carbons (Fsp3) is 0.231. The largest absolute Gasteiger partial charge is 0.491 e. The molecule has 0 bridgehead atoms. The number of nitrogens with two attached hydrogens (primary N) is 1. The van der Waals surface area contributed by atoms with Gasteiger partial charge in [0.15, 0.2) is 0 Å². The maximum atomic E-state index is 11.1. The highest BCUT2D eigenvalue weighted by Gasteiger charge is 2.14. The van der Waals surface area contributed by atoms with Crippen LogP contribution in [0.2, 0.25) is 0 Å². The predicted octanol–water partition coefficient (Wildman–Crippen LogP) is 1.55. The fourth-order valence-corrected chi connectivity index (χ4v) is 1.79. The minimum atomic E-state index is -1.09. The van der Waals surface area contributed by atoms with E-state index in [2.05, 4.69) is 4.98 Å². The number of hydrogen-bond acceptors (Lipinski definition) is 4. The first-order valence-corrected chi connectivity index (χ1v) is 5.82.